The number of nitrogens with one attached hydrogen (secondary N) is 1. The lowest BCUT2D eigenvalue weighted by molar-refractivity contribution is 0.272. The second-order valence-corrected chi connectivity index (χ2v) is 10.6. The zero-order chi connectivity index (χ0) is 23.3. The molecule has 0 amide bonds. The molecule has 2 unspecified atom stereocenters. The van der Waals surface area contributed by atoms with E-state index < -0.39 is 15.4 Å². The number of sulfonamides is 1. The van der Waals surface area contributed by atoms with Crippen LogP contribution in [0.15, 0.2) is 65.3 Å². The molecule has 4 rings (SSSR count). The molecule has 1 aliphatic rings. The summed E-state index contributed by atoms with van der Waals surface area (Å²) in [6, 6.07) is 17.7. The zero-order valence-corrected chi connectivity index (χ0v) is 19.9. The summed E-state index contributed by atoms with van der Waals surface area (Å²) in [7, 11) is -3.45. The molecule has 0 bridgehead atoms. The van der Waals surface area contributed by atoms with E-state index in [1.54, 1.807) is 10.5 Å². The van der Waals surface area contributed by atoms with Crippen LogP contribution in [0.4, 0.5) is 0 Å². The third-order valence-corrected chi connectivity index (χ3v) is 8.42. The number of aromatic nitrogens is 1. The Balaban J connectivity index is 1.35. The van der Waals surface area contributed by atoms with Gasteiger partial charge in [-0.3, -0.25) is 5.32 Å². The van der Waals surface area contributed by atoms with Crippen LogP contribution in [0.3, 0.4) is 0 Å². The summed E-state index contributed by atoms with van der Waals surface area (Å²) in [6.45, 7) is 5.19. The van der Waals surface area contributed by atoms with Crippen LogP contribution in [0.5, 0.6) is 5.75 Å². The van der Waals surface area contributed by atoms with E-state index in [1.807, 2.05) is 56.3 Å². The summed E-state index contributed by atoms with van der Waals surface area (Å²) in [5, 5.41) is 6.48. The molecule has 2 aromatic carbocycles. The molecule has 2 atom stereocenters. The van der Waals surface area contributed by atoms with Gasteiger partial charge in [-0.1, -0.05) is 47.6 Å². The number of benzene rings is 2. The van der Waals surface area contributed by atoms with Crippen molar-refractivity contribution < 1.29 is 17.7 Å². The molecular weight excluding hydrogens is 438 g/mol. The topological polar surface area (TPSA) is 84.7 Å². The lowest BCUT2D eigenvalue weighted by Gasteiger charge is -2.37. The zero-order valence-electron chi connectivity index (χ0n) is 19.1. The van der Waals surface area contributed by atoms with Crippen molar-refractivity contribution in [2.45, 2.75) is 57.7 Å². The smallest absolute Gasteiger partial charge is 0.230 e. The first-order valence-electron chi connectivity index (χ1n) is 11.3. The molecule has 3 aromatic rings. The third kappa shape index (κ3) is 5.82. The molecule has 0 radical (unpaired) electrons. The van der Waals surface area contributed by atoms with Gasteiger partial charge in [-0.05, 0) is 56.4 Å². The predicted octanol–water partition coefficient (Wildman–Crippen LogP) is 4.03. The van der Waals surface area contributed by atoms with E-state index in [-0.39, 0.29) is 6.04 Å². The van der Waals surface area contributed by atoms with Gasteiger partial charge in [0.2, 0.25) is 10.0 Å². The first kappa shape index (κ1) is 23.5. The van der Waals surface area contributed by atoms with Crippen LogP contribution in [0.2, 0.25) is 0 Å². The summed E-state index contributed by atoms with van der Waals surface area (Å²) >= 11 is 0. The van der Waals surface area contributed by atoms with Crippen molar-refractivity contribution in [2.24, 2.45) is 0 Å². The SMILES string of the molecule is Cc1oncc1COc1ccc(CN2C(C)CCC(NCCc3ccccc3)S2(=O)=O)cc1. The molecule has 0 saturated carbocycles. The summed E-state index contributed by atoms with van der Waals surface area (Å²) in [5.74, 6) is 1.46. The highest BCUT2D eigenvalue weighted by Gasteiger charge is 2.39. The van der Waals surface area contributed by atoms with E-state index in [0.717, 1.165) is 29.7 Å². The largest absolute Gasteiger partial charge is 0.489 e. The van der Waals surface area contributed by atoms with E-state index in [1.165, 1.54) is 5.56 Å². The fourth-order valence-electron chi connectivity index (χ4n) is 4.06. The van der Waals surface area contributed by atoms with E-state index >= 15 is 0 Å². The van der Waals surface area contributed by atoms with Gasteiger partial charge in [-0.15, -0.1) is 0 Å². The van der Waals surface area contributed by atoms with Crippen LogP contribution >= 0.6 is 0 Å². The molecule has 0 spiro atoms. The molecule has 176 valence electrons. The molecular formula is C25H31N3O4S. The lowest BCUT2D eigenvalue weighted by Crippen LogP contribution is -2.53. The van der Waals surface area contributed by atoms with Gasteiger partial charge in [-0.2, -0.15) is 4.31 Å². The standard InChI is InChI=1S/C25H31N3O4S/c1-19-8-13-25(26-15-14-21-6-4-3-5-7-21)33(29,30)28(19)17-22-9-11-24(12-10-22)31-18-23-16-27-32-20(23)2/h3-7,9-12,16,19,25-26H,8,13-15,17-18H2,1-2H3. The quantitative estimate of drug-likeness (QED) is 0.509. The van der Waals surface area contributed by atoms with Crippen molar-refractivity contribution in [3.05, 3.63) is 83.2 Å². The van der Waals surface area contributed by atoms with Gasteiger partial charge in [0.05, 0.1) is 11.8 Å². The van der Waals surface area contributed by atoms with Crippen LogP contribution in [-0.4, -0.2) is 35.8 Å². The number of aryl methyl sites for hydroxylation is 1. The molecule has 1 fully saturated rings. The van der Waals surface area contributed by atoms with Crippen molar-refractivity contribution >= 4 is 10.0 Å². The predicted molar refractivity (Wildman–Crippen MR) is 127 cm³/mol. The van der Waals surface area contributed by atoms with Crippen molar-refractivity contribution in [2.75, 3.05) is 6.54 Å². The van der Waals surface area contributed by atoms with E-state index in [4.69, 9.17) is 9.26 Å². The average Bonchev–Trinajstić information content (AvgIpc) is 3.23. The molecule has 0 aliphatic carbocycles. The molecule has 33 heavy (non-hydrogen) atoms. The normalized spacial score (nSPS) is 20.5. The van der Waals surface area contributed by atoms with Crippen LogP contribution in [0, 0.1) is 6.92 Å². The van der Waals surface area contributed by atoms with Gasteiger partial charge in [0.1, 0.15) is 23.5 Å². The van der Waals surface area contributed by atoms with E-state index in [0.29, 0.717) is 31.9 Å². The van der Waals surface area contributed by atoms with Crippen LogP contribution < -0.4 is 10.1 Å². The number of ether oxygens (including phenoxy) is 1. The van der Waals surface area contributed by atoms with E-state index in [2.05, 4.69) is 22.6 Å². The highest BCUT2D eigenvalue weighted by molar-refractivity contribution is 7.89. The maximum absolute atomic E-state index is 13.3. The highest BCUT2D eigenvalue weighted by Crippen LogP contribution is 2.27. The Morgan fingerprint density at radius 2 is 1.85 bits per heavy atom. The Morgan fingerprint density at radius 3 is 2.55 bits per heavy atom. The van der Waals surface area contributed by atoms with Crippen molar-refractivity contribution in [3.8, 4) is 5.75 Å². The summed E-state index contributed by atoms with van der Waals surface area (Å²) in [6.07, 6.45) is 3.92. The fourth-order valence-corrected chi connectivity index (χ4v) is 6.09. The van der Waals surface area contributed by atoms with Crippen LogP contribution in [-0.2, 0) is 29.6 Å². The summed E-state index contributed by atoms with van der Waals surface area (Å²) < 4.78 is 39.1. The minimum atomic E-state index is -3.45. The molecule has 1 aromatic heterocycles. The van der Waals surface area contributed by atoms with Crippen molar-refractivity contribution in [3.63, 3.8) is 0 Å². The average molecular weight is 470 g/mol. The minimum Gasteiger partial charge on any atom is -0.489 e. The summed E-state index contributed by atoms with van der Waals surface area (Å²) in [4.78, 5) is 0. The Hall–Kier alpha value is -2.68. The third-order valence-electron chi connectivity index (χ3n) is 6.16. The van der Waals surface area contributed by atoms with Gasteiger partial charge in [-0.25, -0.2) is 8.42 Å². The second kappa shape index (κ2) is 10.5. The second-order valence-electron chi connectivity index (χ2n) is 8.53. The monoisotopic (exact) mass is 469 g/mol. The van der Waals surface area contributed by atoms with Crippen LogP contribution in [0.1, 0.15) is 42.2 Å². The molecule has 1 saturated heterocycles. The number of hydrogen-bond acceptors (Lipinski definition) is 6. The Kier molecular flexibility index (Phi) is 7.47. The minimum absolute atomic E-state index is 0.0327. The number of hydrogen-bond donors (Lipinski definition) is 1. The first-order valence-corrected chi connectivity index (χ1v) is 12.8. The van der Waals surface area contributed by atoms with Gasteiger partial charge >= 0.3 is 0 Å². The number of nitrogens with zero attached hydrogens (tertiary/aromatic N) is 2. The van der Waals surface area contributed by atoms with Crippen molar-refractivity contribution in [1.82, 2.24) is 14.8 Å². The Morgan fingerprint density at radius 1 is 1.09 bits per heavy atom. The molecule has 1 N–H and O–H groups in total. The fraction of sp³-hybridized carbons (Fsp3) is 0.400. The maximum atomic E-state index is 13.3. The summed E-state index contributed by atoms with van der Waals surface area (Å²) in [5.41, 5.74) is 3.03. The van der Waals surface area contributed by atoms with Gasteiger partial charge in [0.15, 0.2) is 0 Å². The lowest BCUT2D eigenvalue weighted by atomic mass is 10.1. The first-order chi connectivity index (χ1) is 15.9. The maximum Gasteiger partial charge on any atom is 0.230 e. The Bertz CT molecular complexity index is 1130. The molecule has 1 aliphatic heterocycles. The molecule has 2 heterocycles. The highest BCUT2D eigenvalue weighted by atomic mass is 32.2. The van der Waals surface area contributed by atoms with Gasteiger partial charge in [0, 0.05) is 19.1 Å². The molecule has 7 nitrogen and oxygen atoms in total. The Labute approximate surface area is 195 Å². The van der Waals surface area contributed by atoms with Crippen molar-refractivity contribution in [1.29, 1.82) is 0 Å². The van der Waals surface area contributed by atoms with E-state index in [9.17, 15) is 8.42 Å². The molecule has 8 heteroatoms. The number of rotatable bonds is 9. The van der Waals surface area contributed by atoms with Gasteiger partial charge < -0.3 is 9.26 Å². The van der Waals surface area contributed by atoms with Gasteiger partial charge in [0.25, 0.3) is 0 Å². The van der Waals surface area contributed by atoms with Crippen LogP contribution in [0.25, 0.3) is 0 Å².